The Balaban J connectivity index is 1.82. The van der Waals surface area contributed by atoms with E-state index in [0.717, 1.165) is 29.4 Å². The van der Waals surface area contributed by atoms with Gasteiger partial charge in [-0.2, -0.15) is 5.10 Å². The standard InChI is InChI=1S/C13H15N3O/c1-16(9-6-7-9)13(17)8-12-10-4-2-3-5-11(10)14-15-12/h2-5,9H,6-8H2,1H3,(H,14,15). The van der Waals surface area contributed by atoms with Crippen molar-refractivity contribution >= 4 is 16.8 Å². The molecule has 4 heteroatoms. The van der Waals surface area contributed by atoms with E-state index in [0.29, 0.717) is 12.5 Å². The molecule has 88 valence electrons. The Morgan fingerprint density at radius 3 is 3.00 bits per heavy atom. The summed E-state index contributed by atoms with van der Waals surface area (Å²) in [5.41, 5.74) is 1.84. The molecule has 1 aromatic carbocycles. The van der Waals surface area contributed by atoms with Crippen molar-refractivity contribution in [3.05, 3.63) is 30.0 Å². The summed E-state index contributed by atoms with van der Waals surface area (Å²) in [6.45, 7) is 0. The third-order valence-corrected chi connectivity index (χ3v) is 3.36. The molecule has 0 unspecified atom stereocenters. The highest BCUT2D eigenvalue weighted by atomic mass is 16.2. The molecule has 1 saturated carbocycles. The molecule has 0 saturated heterocycles. The number of H-pyrrole nitrogens is 1. The number of hydrogen-bond donors (Lipinski definition) is 1. The third kappa shape index (κ3) is 1.90. The van der Waals surface area contributed by atoms with Crippen molar-refractivity contribution in [1.29, 1.82) is 0 Å². The van der Waals surface area contributed by atoms with E-state index in [-0.39, 0.29) is 5.91 Å². The van der Waals surface area contributed by atoms with Crippen molar-refractivity contribution in [3.63, 3.8) is 0 Å². The molecule has 1 heterocycles. The zero-order chi connectivity index (χ0) is 11.8. The second kappa shape index (κ2) is 3.87. The van der Waals surface area contributed by atoms with Gasteiger partial charge in [0, 0.05) is 18.5 Å². The Kier molecular flexibility index (Phi) is 2.35. The average Bonchev–Trinajstić information content (AvgIpc) is 3.12. The van der Waals surface area contributed by atoms with Crippen LogP contribution in [0.1, 0.15) is 18.5 Å². The summed E-state index contributed by atoms with van der Waals surface area (Å²) in [4.78, 5) is 13.9. The van der Waals surface area contributed by atoms with Gasteiger partial charge in [-0.15, -0.1) is 0 Å². The number of nitrogens with zero attached hydrogens (tertiary/aromatic N) is 2. The lowest BCUT2D eigenvalue weighted by Crippen LogP contribution is -2.30. The molecular weight excluding hydrogens is 214 g/mol. The normalized spacial score (nSPS) is 15.1. The van der Waals surface area contributed by atoms with E-state index < -0.39 is 0 Å². The Labute approximate surface area is 99.6 Å². The van der Waals surface area contributed by atoms with Crippen LogP contribution in [-0.2, 0) is 11.2 Å². The molecule has 2 aromatic rings. The fourth-order valence-corrected chi connectivity index (χ4v) is 2.09. The fourth-order valence-electron chi connectivity index (χ4n) is 2.09. The minimum atomic E-state index is 0.168. The first-order valence-corrected chi connectivity index (χ1v) is 5.93. The number of amides is 1. The van der Waals surface area contributed by atoms with E-state index in [9.17, 15) is 4.79 Å². The van der Waals surface area contributed by atoms with Gasteiger partial charge in [0.1, 0.15) is 0 Å². The Hall–Kier alpha value is -1.84. The minimum Gasteiger partial charge on any atom is -0.342 e. The van der Waals surface area contributed by atoms with Gasteiger partial charge in [-0.1, -0.05) is 18.2 Å². The lowest BCUT2D eigenvalue weighted by molar-refractivity contribution is -0.129. The summed E-state index contributed by atoms with van der Waals surface area (Å²) >= 11 is 0. The average molecular weight is 229 g/mol. The van der Waals surface area contributed by atoms with E-state index in [2.05, 4.69) is 10.2 Å². The smallest absolute Gasteiger partial charge is 0.228 e. The molecule has 1 aliphatic rings. The Morgan fingerprint density at radius 1 is 1.47 bits per heavy atom. The predicted molar refractivity (Wildman–Crippen MR) is 65.6 cm³/mol. The Bertz CT molecular complexity index is 557. The van der Waals surface area contributed by atoms with Gasteiger partial charge in [0.15, 0.2) is 0 Å². The molecule has 0 spiro atoms. The molecule has 3 rings (SSSR count). The zero-order valence-electron chi connectivity index (χ0n) is 9.81. The van der Waals surface area contributed by atoms with Crippen LogP contribution in [-0.4, -0.2) is 34.1 Å². The van der Waals surface area contributed by atoms with E-state index in [4.69, 9.17) is 0 Å². The number of aromatic amines is 1. The highest BCUT2D eigenvalue weighted by Gasteiger charge is 2.29. The number of aromatic nitrogens is 2. The highest BCUT2D eigenvalue weighted by Crippen LogP contribution is 2.26. The monoisotopic (exact) mass is 229 g/mol. The number of fused-ring (bicyclic) bond motifs is 1. The topological polar surface area (TPSA) is 49.0 Å². The van der Waals surface area contributed by atoms with Crippen LogP contribution in [0.15, 0.2) is 24.3 Å². The van der Waals surface area contributed by atoms with Gasteiger partial charge >= 0.3 is 0 Å². The SMILES string of the molecule is CN(C(=O)Cc1[nH]nc2ccccc12)C1CC1. The number of benzene rings is 1. The first-order valence-electron chi connectivity index (χ1n) is 5.93. The van der Waals surface area contributed by atoms with Crippen molar-refractivity contribution in [1.82, 2.24) is 15.1 Å². The maximum atomic E-state index is 12.0. The number of carbonyl (C=O) groups is 1. The van der Waals surface area contributed by atoms with Gasteiger partial charge in [-0.3, -0.25) is 9.89 Å². The van der Waals surface area contributed by atoms with Crippen LogP contribution in [0, 0.1) is 0 Å². The first-order chi connectivity index (χ1) is 8.25. The summed E-state index contributed by atoms with van der Waals surface area (Å²) < 4.78 is 0. The molecular formula is C13H15N3O. The van der Waals surface area contributed by atoms with E-state index >= 15 is 0 Å². The number of para-hydroxylation sites is 1. The number of hydrogen-bond acceptors (Lipinski definition) is 2. The van der Waals surface area contributed by atoms with Crippen molar-refractivity contribution in [3.8, 4) is 0 Å². The number of carbonyl (C=O) groups excluding carboxylic acids is 1. The van der Waals surface area contributed by atoms with Gasteiger partial charge in [-0.25, -0.2) is 0 Å². The predicted octanol–water partition coefficient (Wildman–Crippen LogP) is 1.73. The van der Waals surface area contributed by atoms with Crippen LogP contribution in [0.25, 0.3) is 10.9 Å². The third-order valence-electron chi connectivity index (χ3n) is 3.36. The molecule has 1 amide bonds. The molecule has 1 aromatic heterocycles. The quantitative estimate of drug-likeness (QED) is 0.871. The fraction of sp³-hybridized carbons (Fsp3) is 0.385. The molecule has 0 aliphatic heterocycles. The molecule has 0 atom stereocenters. The van der Waals surface area contributed by atoms with Crippen molar-refractivity contribution < 1.29 is 4.79 Å². The molecule has 1 fully saturated rings. The lowest BCUT2D eigenvalue weighted by atomic mass is 10.1. The minimum absolute atomic E-state index is 0.168. The number of nitrogens with one attached hydrogen (secondary N) is 1. The van der Waals surface area contributed by atoms with Gasteiger partial charge in [0.2, 0.25) is 5.91 Å². The van der Waals surface area contributed by atoms with Crippen LogP contribution in [0.4, 0.5) is 0 Å². The van der Waals surface area contributed by atoms with Gasteiger partial charge in [0.25, 0.3) is 0 Å². The number of rotatable bonds is 3. The summed E-state index contributed by atoms with van der Waals surface area (Å²) in [6.07, 6.45) is 2.70. The van der Waals surface area contributed by atoms with Crippen molar-refractivity contribution in [2.24, 2.45) is 0 Å². The molecule has 17 heavy (non-hydrogen) atoms. The van der Waals surface area contributed by atoms with E-state index in [1.165, 1.54) is 0 Å². The highest BCUT2D eigenvalue weighted by molar-refractivity contribution is 5.87. The largest absolute Gasteiger partial charge is 0.342 e. The van der Waals surface area contributed by atoms with Gasteiger partial charge in [0.05, 0.1) is 17.6 Å². The number of likely N-dealkylation sites (N-methyl/N-ethyl adjacent to an activating group) is 1. The molecule has 1 aliphatic carbocycles. The molecule has 0 bridgehead atoms. The molecule has 4 nitrogen and oxygen atoms in total. The molecule has 1 N–H and O–H groups in total. The maximum Gasteiger partial charge on any atom is 0.228 e. The Morgan fingerprint density at radius 2 is 2.24 bits per heavy atom. The summed E-state index contributed by atoms with van der Waals surface area (Å²) in [7, 11) is 1.89. The van der Waals surface area contributed by atoms with Crippen LogP contribution >= 0.6 is 0 Å². The summed E-state index contributed by atoms with van der Waals surface area (Å²) in [6, 6.07) is 8.33. The molecule has 0 radical (unpaired) electrons. The first kappa shape index (κ1) is 10.3. The van der Waals surface area contributed by atoms with Crippen LogP contribution in [0.3, 0.4) is 0 Å². The zero-order valence-corrected chi connectivity index (χ0v) is 9.81. The second-order valence-corrected chi connectivity index (χ2v) is 4.63. The van der Waals surface area contributed by atoms with Crippen LogP contribution in [0.2, 0.25) is 0 Å². The lowest BCUT2D eigenvalue weighted by Gasteiger charge is -2.15. The second-order valence-electron chi connectivity index (χ2n) is 4.63. The summed E-state index contributed by atoms with van der Waals surface area (Å²) in [5, 5.41) is 8.20. The van der Waals surface area contributed by atoms with Gasteiger partial charge in [-0.05, 0) is 18.9 Å². The van der Waals surface area contributed by atoms with Crippen molar-refractivity contribution in [2.75, 3.05) is 7.05 Å². The van der Waals surface area contributed by atoms with Crippen LogP contribution in [0.5, 0.6) is 0 Å². The van der Waals surface area contributed by atoms with Crippen molar-refractivity contribution in [2.45, 2.75) is 25.3 Å². The summed E-state index contributed by atoms with van der Waals surface area (Å²) in [5.74, 6) is 0.168. The van der Waals surface area contributed by atoms with E-state index in [1.54, 1.807) is 0 Å². The maximum absolute atomic E-state index is 12.0. The van der Waals surface area contributed by atoms with Gasteiger partial charge < -0.3 is 4.90 Å². The van der Waals surface area contributed by atoms with E-state index in [1.807, 2.05) is 36.2 Å². The van der Waals surface area contributed by atoms with Crippen LogP contribution < -0.4 is 0 Å².